The molecule has 1 rings (SSSR count). The van der Waals surface area contributed by atoms with Crippen LogP contribution in [0.15, 0.2) is 0 Å². The first-order valence-corrected chi connectivity index (χ1v) is 7.36. The third-order valence-corrected chi connectivity index (χ3v) is 3.41. The number of hydrogen-bond donors (Lipinski definition) is 2. The number of carbonyl (C=O) groups excluding carboxylic acids is 1. The van der Waals surface area contributed by atoms with E-state index in [9.17, 15) is 4.79 Å². The van der Waals surface area contributed by atoms with Gasteiger partial charge in [0.15, 0.2) is 0 Å². The molecule has 0 spiro atoms. The van der Waals surface area contributed by atoms with Gasteiger partial charge in [0.05, 0.1) is 13.1 Å². The van der Waals surface area contributed by atoms with E-state index < -0.39 is 0 Å². The summed E-state index contributed by atoms with van der Waals surface area (Å²) in [6.07, 6.45) is 0.897. The van der Waals surface area contributed by atoms with Gasteiger partial charge in [0.2, 0.25) is 5.91 Å². The van der Waals surface area contributed by atoms with Crippen molar-refractivity contribution in [2.45, 2.75) is 39.8 Å². The zero-order valence-electron chi connectivity index (χ0n) is 13.8. The standard InChI is InChI=1S/C14H28N6O/c1-10(2)6-12(7-15)16-14(21)9-19(4)8-13-18-17-11(3)20(13)5/h10,12H,6-9,15H2,1-5H3,(H,16,21). The van der Waals surface area contributed by atoms with Crippen LogP contribution in [0.2, 0.25) is 0 Å². The number of nitrogens with zero attached hydrogens (tertiary/aromatic N) is 4. The highest BCUT2D eigenvalue weighted by Crippen LogP contribution is 2.04. The number of nitrogens with one attached hydrogen (secondary N) is 1. The van der Waals surface area contributed by atoms with Crippen LogP contribution in [0.5, 0.6) is 0 Å². The monoisotopic (exact) mass is 296 g/mol. The minimum absolute atomic E-state index is 0.00695. The maximum Gasteiger partial charge on any atom is 0.234 e. The molecule has 1 unspecified atom stereocenters. The first kappa shape index (κ1) is 17.6. The molecule has 1 aromatic rings. The van der Waals surface area contributed by atoms with Gasteiger partial charge in [0, 0.05) is 19.6 Å². The Morgan fingerprint density at radius 2 is 2.10 bits per heavy atom. The maximum atomic E-state index is 12.0. The summed E-state index contributed by atoms with van der Waals surface area (Å²) in [5.41, 5.74) is 5.70. The van der Waals surface area contributed by atoms with Gasteiger partial charge in [-0.15, -0.1) is 10.2 Å². The highest BCUT2D eigenvalue weighted by Gasteiger charge is 2.15. The first-order valence-electron chi connectivity index (χ1n) is 7.36. The largest absolute Gasteiger partial charge is 0.351 e. The van der Waals surface area contributed by atoms with Crippen LogP contribution in [0.3, 0.4) is 0 Å². The van der Waals surface area contributed by atoms with Gasteiger partial charge in [-0.25, -0.2) is 0 Å². The van der Waals surface area contributed by atoms with Gasteiger partial charge in [0.25, 0.3) is 0 Å². The van der Waals surface area contributed by atoms with Gasteiger partial charge < -0.3 is 15.6 Å². The maximum absolute atomic E-state index is 12.0. The highest BCUT2D eigenvalue weighted by atomic mass is 16.2. The van der Waals surface area contributed by atoms with Crippen LogP contribution in [0.4, 0.5) is 0 Å². The second-order valence-electron chi connectivity index (χ2n) is 6.02. The fourth-order valence-electron chi connectivity index (χ4n) is 2.19. The number of likely N-dealkylation sites (N-methyl/N-ethyl adjacent to an activating group) is 1. The summed E-state index contributed by atoms with van der Waals surface area (Å²) in [5.74, 6) is 2.22. The van der Waals surface area contributed by atoms with Gasteiger partial charge >= 0.3 is 0 Å². The van der Waals surface area contributed by atoms with Crippen LogP contribution in [0.25, 0.3) is 0 Å². The lowest BCUT2D eigenvalue weighted by atomic mass is 10.0. The number of hydrogen-bond acceptors (Lipinski definition) is 5. The Morgan fingerprint density at radius 1 is 1.43 bits per heavy atom. The van der Waals surface area contributed by atoms with Crippen molar-refractivity contribution in [3.63, 3.8) is 0 Å². The third kappa shape index (κ3) is 5.81. The Labute approximate surface area is 126 Å². The summed E-state index contributed by atoms with van der Waals surface area (Å²) in [4.78, 5) is 14.0. The molecule has 0 aromatic carbocycles. The topological polar surface area (TPSA) is 89.1 Å². The molecule has 0 bridgehead atoms. The molecule has 0 saturated heterocycles. The average Bonchev–Trinajstić information content (AvgIpc) is 2.69. The normalized spacial score (nSPS) is 13.0. The lowest BCUT2D eigenvalue weighted by Crippen LogP contribution is -2.45. The Hall–Kier alpha value is -1.47. The van der Waals surface area contributed by atoms with Crippen LogP contribution >= 0.6 is 0 Å². The summed E-state index contributed by atoms with van der Waals surface area (Å²) in [6.45, 7) is 7.52. The average molecular weight is 296 g/mol. The van der Waals surface area contributed by atoms with Crippen molar-refractivity contribution < 1.29 is 4.79 Å². The highest BCUT2D eigenvalue weighted by molar-refractivity contribution is 5.78. The Balaban J connectivity index is 2.44. The lowest BCUT2D eigenvalue weighted by Gasteiger charge is -2.21. The molecule has 7 nitrogen and oxygen atoms in total. The lowest BCUT2D eigenvalue weighted by molar-refractivity contribution is -0.122. The molecule has 3 N–H and O–H groups in total. The van der Waals surface area contributed by atoms with E-state index in [1.54, 1.807) is 0 Å². The molecular formula is C14H28N6O. The van der Waals surface area contributed by atoms with E-state index in [1.807, 2.05) is 30.5 Å². The molecular weight excluding hydrogens is 268 g/mol. The molecule has 0 radical (unpaired) electrons. The molecule has 0 aliphatic carbocycles. The molecule has 0 aliphatic heterocycles. The minimum atomic E-state index is -0.00695. The zero-order valence-corrected chi connectivity index (χ0v) is 13.8. The molecule has 1 aromatic heterocycles. The van der Waals surface area contributed by atoms with Crippen LogP contribution in [0, 0.1) is 12.8 Å². The van der Waals surface area contributed by atoms with Gasteiger partial charge in [-0.3, -0.25) is 9.69 Å². The van der Waals surface area contributed by atoms with Crippen molar-refractivity contribution in [2.75, 3.05) is 20.1 Å². The van der Waals surface area contributed by atoms with Crippen LogP contribution < -0.4 is 11.1 Å². The van der Waals surface area contributed by atoms with Gasteiger partial charge in [-0.2, -0.15) is 0 Å². The van der Waals surface area contributed by atoms with Crippen molar-refractivity contribution in [3.05, 3.63) is 11.6 Å². The summed E-state index contributed by atoms with van der Waals surface area (Å²) in [5, 5.41) is 11.1. The molecule has 0 aliphatic rings. The van der Waals surface area contributed by atoms with E-state index in [0.717, 1.165) is 18.1 Å². The molecule has 1 heterocycles. The van der Waals surface area contributed by atoms with Crippen LogP contribution in [-0.4, -0.2) is 51.8 Å². The van der Waals surface area contributed by atoms with E-state index >= 15 is 0 Å². The van der Waals surface area contributed by atoms with E-state index in [-0.39, 0.29) is 11.9 Å². The van der Waals surface area contributed by atoms with Crippen molar-refractivity contribution >= 4 is 5.91 Å². The molecule has 1 atom stereocenters. The van der Waals surface area contributed by atoms with E-state index in [1.165, 1.54) is 0 Å². The molecule has 1 amide bonds. The minimum Gasteiger partial charge on any atom is -0.351 e. The van der Waals surface area contributed by atoms with Gasteiger partial charge in [-0.1, -0.05) is 13.8 Å². The smallest absolute Gasteiger partial charge is 0.234 e. The van der Waals surface area contributed by atoms with Gasteiger partial charge in [-0.05, 0) is 26.3 Å². The summed E-state index contributed by atoms with van der Waals surface area (Å²) in [6, 6.07) is 0.0444. The van der Waals surface area contributed by atoms with E-state index in [4.69, 9.17) is 5.73 Å². The van der Waals surface area contributed by atoms with Crippen LogP contribution in [-0.2, 0) is 18.4 Å². The predicted octanol–water partition coefficient (Wildman–Crippen LogP) is 0.0449. The molecule has 0 fully saturated rings. The van der Waals surface area contributed by atoms with E-state index in [2.05, 4.69) is 29.4 Å². The zero-order chi connectivity index (χ0) is 16.0. The van der Waals surface area contributed by atoms with Crippen molar-refractivity contribution in [1.29, 1.82) is 0 Å². The number of rotatable bonds is 8. The number of carbonyl (C=O) groups is 1. The summed E-state index contributed by atoms with van der Waals surface area (Å²) < 4.78 is 1.93. The first-order chi connectivity index (χ1) is 9.83. The van der Waals surface area contributed by atoms with Crippen LogP contribution in [0.1, 0.15) is 31.9 Å². The fraction of sp³-hybridized carbons (Fsp3) is 0.786. The molecule has 21 heavy (non-hydrogen) atoms. The number of nitrogens with two attached hydrogens (primary N) is 1. The fourth-order valence-corrected chi connectivity index (χ4v) is 2.19. The summed E-state index contributed by atoms with van der Waals surface area (Å²) in [7, 11) is 3.81. The number of aromatic nitrogens is 3. The van der Waals surface area contributed by atoms with Crippen molar-refractivity contribution in [3.8, 4) is 0 Å². The van der Waals surface area contributed by atoms with Crippen molar-refractivity contribution in [1.82, 2.24) is 25.0 Å². The predicted molar refractivity (Wildman–Crippen MR) is 82.5 cm³/mol. The Bertz CT molecular complexity index is 456. The quantitative estimate of drug-likeness (QED) is 0.707. The summed E-state index contributed by atoms with van der Waals surface area (Å²) >= 11 is 0. The molecule has 7 heteroatoms. The third-order valence-electron chi connectivity index (χ3n) is 3.41. The van der Waals surface area contributed by atoms with Crippen molar-refractivity contribution in [2.24, 2.45) is 18.7 Å². The number of amides is 1. The SMILES string of the molecule is Cc1nnc(CN(C)CC(=O)NC(CN)CC(C)C)n1C. The Morgan fingerprint density at radius 3 is 2.57 bits per heavy atom. The molecule has 120 valence electrons. The Kier molecular flexibility index (Phi) is 6.77. The second-order valence-corrected chi connectivity index (χ2v) is 6.02. The number of aryl methyl sites for hydroxylation is 1. The second kappa shape index (κ2) is 8.09. The molecule has 0 saturated carbocycles. The van der Waals surface area contributed by atoms with Gasteiger partial charge in [0.1, 0.15) is 11.6 Å². The van der Waals surface area contributed by atoms with E-state index in [0.29, 0.717) is 25.6 Å².